The number of nitrogens with zero attached hydrogens (tertiary/aromatic N) is 1. The topological polar surface area (TPSA) is 99.6 Å². The molecule has 1 aliphatic rings. The van der Waals surface area contributed by atoms with Gasteiger partial charge in [0.25, 0.3) is 5.90 Å². The largest absolute Gasteiger partial charge is 0.489 e. The molecule has 1 fully saturated rings. The van der Waals surface area contributed by atoms with E-state index in [9.17, 15) is 4.79 Å². The van der Waals surface area contributed by atoms with Crippen molar-refractivity contribution in [2.45, 2.75) is 25.7 Å². The van der Waals surface area contributed by atoms with Crippen molar-refractivity contribution >= 4 is 39.8 Å². The fourth-order valence-electron chi connectivity index (χ4n) is 5.16. The molecule has 7 nitrogen and oxygen atoms in total. The van der Waals surface area contributed by atoms with E-state index >= 15 is 0 Å². The van der Waals surface area contributed by atoms with Gasteiger partial charge in [0.15, 0.2) is 23.0 Å². The van der Waals surface area contributed by atoms with E-state index in [2.05, 4.69) is 47.4 Å². The predicted octanol–water partition coefficient (Wildman–Crippen LogP) is 6.00. The Bertz CT molecular complexity index is 1430. The molecule has 0 amide bonds. The van der Waals surface area contributed by atoms with E-state index in [0.29, 0.717) is 23.8 Å². The zero-order chi connectivity index (χ0) is 25.8. The molecule has 0 saturated carbocycles. The molecule has 5 rings (SSSR count). The Morgan fingerprint density at radius 3 is 2.57 bits per heavy atom. The zero-order valence-electron chi connectivity index (χ0n) is 20.9. The Balaban J connectivity index is 1.19. The molecule has 0 spiro atoms. The van der Waals surface area contributed by atoms with Crippen LogP contribution in [-0.2, 0) is 9.53 Å². The average molecular weight is 498 g/mol. The molecule has 1 atom stereocenters. The predicted molar refractivity (Wildman–Crippen MR) is 145 cm³/mol. The number of aldehydes is 1. The van der Waals surface area contributed by atoms with Crippen molar-refractivity contribution in [2.24, 2.45) is 5.92 Å². The number of rotatable bonds is 8. The standard InChI is InChI=1S/C30H31N3O4/c1-20(31)36-30(32)28-16-24-8-5-11-27(29(24)37-28)35-19-21(18-34)17-33-14-12-23(13-15-33)26-10-4-7-22-6-2-3-9-25(22)26/h2-11,16,18,21,23,31-32H,12-15,17,19H2,1H3. The van der Waals surface area contributed by atoms with Crippen LogP contribution in [-0.4, -0.2) is 49.2 Å². The first-order valence-electron chi connectivity index (χ1n) is 12.6. The van der Waals surface area contributed by atoms with E-state index in [4.69, 9.17) is 24.7 Å². The lowest BCUT2D eigenvalue weighted by atomic mass is 9.86. The van der Waals surface area contributed by atoms with Crippen LogP contribution in [0.4, 0.5) is 0 Å². The van der Waals surface area contributed by atoms with Crippen LogP contribution in [0.3, 0.4) is 0 Å². The first-order valence-corrected chi connectivity index (χ1v) is 12.6. The lowest BCUT2D eigenvalue weighted by Crippen LogP contribution is -2.38. The zero-order valence-corrected chi connectivity index (χ0v) is 20.9. The lowest BCUT2D eigenvalue weighted by Gasteiger charge is -2.33. The molecule has 0 bridgehead atoms. The van der Waals surface area contributed by atoms with Gasteiger partial charge in [-0.05, 0) is 60.3 Å². The molecule has 7 heteroatoms. The Kier molecular flexibility index (Phi) is 7.32. The van der Waals surface area contributed by atoms with E-state index in [1.807, 2.05) is 12.1 Å². The molecule has 3 aromatic carbocycles. The van der Waals surface area contributed by atoms with Crippen LogP contribution in [0.15, 0.2) is 71.1 Å². The second kappa shape index (κ2) is 11.0. The number of hydrogen-bond acceptors (Lipinski definition) is 7. The number of para-hydroxylation sites is 1. The fraction of sp³-hybridized carbons (Fsp3) is 0.300. The summed E-state index contributed by atoms with van der Waals surface area (Å²) in [6.07, 6.45) is 3.11. The van der Waals surface area contributed by atoms with E-state index in [-0.39, 0.29) is 30.1 Å². The van der Waals surface area contributed by atoms with Crippen molar-refractivity contribution in [1.29, 1.82) is 10.8 Å². The summed E-state index contributed by atoms with van der Waals surface area (Å²) in [5.74, 6) is 0.687. The summed E-state index contributed by atoms with van der Waals surface area (Å²) in [4.78, 5) is 14.3. The van der Waals surface area contributed by atoms with Crippen molar-refractivity contribution in [2.75, 3.05) is 26.2 Å². The van der Waals surface area contributed by atoms with Gasteiger partial charge in [-0.25, -0.2) is 0 Å². The highest BCUT2D eigenvalue weighted by atomic mass is 16.5. The summed E-state index contributed by atoms with van der Waals surface area (Å²) in [6, 6.07) is 22.3. The van der Waals surface area contributed by atoms with E-state index < -0.39 is 0 Å². The van der Waals surface area contributed by atoms with Crippen LogP contribution in [0.25, 0.3) is 21.7 Å². The molecule has 4 aromatic rings. The Morgan fingerprint density at radius 1 is 1.05 bits per heavy atom. The van der Waals surface area contributed by atoms with Crippen LogP contribution in [0.1, 0.15) is 37.0 Å². The highest BCUT2D eigenvalue weighted by Crippen LogP contribution is 2.33. The average Bonchev–Trinajstić information content (AvgIpc) is 3.36. The normalized spacial score (nSPS) is 15.5. The molecule has 2 N–H and O–H groups in total. The second-order valence-corrected chi connectivity index (χ2v) is 9.62. The quantitative estimate of drug-likeness (QED) is 0.177. The second-order valence-electron chi connectivity index (χ2n) is 9.62. The van der Waals surface area contributed by atoms with Crippen LogP contribution in [0.2, 0.25) is 0 Å². The summed E-state index contributed by atoms with van der Waals surface area (Å²) in [5, 5.41) is 18.8. The summed E-state index contributed by atoms with van der Waals surface area (Å²) in [7, 11) is 0. The number of hydrogen-bond donors (Lipinski definition) is 2. The monoisotopic (exact) mass is 497 g/mol. The maximum Gasteiger partial charge on any atom is 0.256 e. The van der Waals surface area contributed by atoms with Crippen LogP contribution in [0, 0.1) is 16.7 Å². The summed E-state index contributed by atoms with van der Waals surface area (Å²) < 4.78 is 16.9. The molecule has 0 radical (unpaired) electrons. The Morgan fingerprint density at radius 2 is 1.78 bits per heavy atom. The number of fused-ring (bicyclic) bond motifs is 2. The van der Waals surface area contributed by atoms with Crippen molar-refractivity contribution in [3.63, 3.8) is 0 Å². The molecule has 1 saturated heterocycles. The fourth-order valence-corrected chi connectivity index (χ4v) is 5.16. The van der Waals surface area contributed by atoms with Gasteiger partial charge >= 0.3 is 0 Å². The van der Waals surface area contributed by atoms with Gasteiger partial charge in [0.2, 0.25) is 0 Å². The maximum atomic E-state index is 11.9. The molecule has 1 unspecified atom stereocenters. The molecule has 190 valence electrons. The minimum absolute atomic E-state index is 0.0862. The summed E-state index contributed by atoms with van der Waals surface area (Å²) in [5.41, 5.74) is 1.92. The molecule has 1 aromatic heterocycles. The minimum Gasteiger partial charge on any atom is -0.489 e. The highest BCUT2D eigenvalue weighted by molar-refractivity contribution is 6.00. The summed E-state index contributed by atoms with van der Waals surface area (Å²) >= 11 is 0. The van der Waals surface area contributed by atoms with E-state index in [1.54, 1.807) is 12.1 Å². The van der Waals surface area contributed by atoms with E-state index in [1.165, 1.54) is 23.3 Å². The summed E-state index contributed by atoms with van der Waals surface area (Å²) in [6.45, 7) is 4.25. The van der Waals surface area contributed by atoms with Gasteiger partial charge in [0, 0.05) is 18.9 Å². The SMILES string of the molecule is CC(=N)OC(=N)c1cc2cccc(OCC(C=O)CN3CCC(c4cccc5ccccc45)CC3)c2o1. The number of nitrogens with one attached hydrogen (secondary N) is 2. The van der Waals surface area contributed by atoms with Crippen molar-refractivity contribution in [3.8, 4) is 5.75 Å². The molecule has 0 aliphatic carbocycles. The van der Waals surface area contributed by atoms with Crippen molar-refractivity contribution < 1.29 is 18.7 Å². The van der Waals surface area contributed by atoms with Crippen LogP contribution < -0.4 is 4.74 Å². The third-order valence-electron chi connectivity index (χ3n) is 6.98. The van der Waals surface area contributed by atoms with E-state index in [0.717, 1.165) is 37.6 Å². The number of benzene rings is 3. The molecular weight excluding hydrogens is 466 g/mol. The van der Waals surface area contributed by atoms with Crippen molar-refractivity contribution in [3.05, 3.63) is 78.1 Å². The number of piperidine rings is 1. The van der Waals surface area contributed by atoms with Gasteiger partial charge in [0.05, 0.1) is 12.5 Å². The van der Waals surface area contributed by atoms with Gasteiger partial charge in [0.1, 0.15) is 6.29 Å². The highest BCUT2D eigenvalue weighted by Gasteiger charge is 2.24. The number of ether oxygens (including phenoxy) is 2. The third-order valence-corrected chi connectivity index (χ3v) is 6.98. The number of furan rings is 1. The Labute approximate surface area is 216 Å². The van der Waals surface area contributed by atoms with Gasteiger partial charge in [-0.3, -0.25) is 10.8 Å². The minimum atomic E-state index is -0.263. The smallest absolute Gasteiger partial charge is 0.256 e. The van der Waals surface area contributed by atoms with Crippen LogP contribution in [0.5, 0.6) is 5.75 Å². The molecule has 2 heterocycles. The maximum absolute atomic E-state index is 11.9. The molecule has 1 aliphatic heterocycles. The Hall–Kier alpha value is -3.97. The number of carbonyl (C=O) groups is 1. The van der Waals surface area contributed by atoms with Gasteiger partial charge in [-0.2, -0.15) is 0 Å². The van der Waals surface area contributed by atoms with Crippen molar-refractivity contribution in [1.82, 2.24) is 4.90 Å². The van der Waals surface area contributed by atoms with Gasteiger partial charge < -0.3 is 23.6 Å². The molecular formula is C30H31N3O4. The number of likely N-dealkylation sites (tertiary alicyclic amines) is 1. The molecule has 37 heavy (non-hydrogen) atoms. The first kappa shape index (κ1) is 24.7. The van der Waals surface area contributed by atoms with Crippen LogP contribution >= 0.6 is 0 Å². The van der Waals surface area contributed by atoms with Gasteiger partial charge in [-0.15, -0.1) is 0 Å². The third kappa shape index (κ3) is 5.57. The number of carbonyl (C=O) groups excluding carboxylic acids is 1. The lowest BCUT2D eigenvalue weighted by molar-refractivity contribution is -0.112. The first-order chi connectivity index (χ1) is 18.0. The van der Waals surface area contributed by atoms with Gasteiger partial charge in [-0.1, -0.05) is 54.6 Å².